The van der Waals surface area contributed by atoms with Crippen LogP contribution in [-0.2, 0) is 4.74 Å². The molecular formula is C11H16N4O2. The molecule has 2 heterocycles. The van der Waals surface area contributed by atoms with Crippen molar-refractivity contribution in [3.05, 3.63) is 18.0 Å². The highest BCUT2D eigenvalue weighted by molar-refractivity contribution is 5.88. The Morgan fingerprint density at radius 1 is 1.53 bits per heavy atom. The molecule has 0 amide bonds. The number of esters is 1. The highest BCUT2D eigenvalue weighted by atomic mass is 16.5. The van der Waals surface area contributed by atoms with E-state index >= 15 is 0 Å². The Hall–Kier alpha value is -1.69. The number of ether oxygens (including phenoxy) is 1. The predicted molar refractivity (Wildman–Crippen MR) is 63.0 cm³/mol. The third-order valence-corrected chi connectivity index (χ3v) is 2.96. The number of carbonyl (C=O) groups is 1. The Morgan fingerprint density at radius 3 is 2.76 bits per heavy atom. The van der Waals surface area contributed by atoms with Gasteiger partial charge >= 0.3 is 5.97 Å². The zero-order valence-corrected chi connectivity index (χ0v) is 10.0. The molecule has 0 aliphatic carbocycles. The highest BCUT2D eigenvalue weighted by Crippen LogP contribution is 2.13. The van der Waals surface area contributed by atoms with Gasteiger partial charge in [-0.25, -0.2) is 14.8 Å². The van der Waals surface area contributed by atoms with Gasteiger partial charge in [0.1, 0.15) is 0 Å². The van der Waals surface area contributed by atoms with Crippen molar-refractivity contribution in [2.24, 2.45) is 0 Å². The summed E-state index contributed by atoms with van der Waals surface area (Å²) in [6.45, 7) is 1.97. The molecule has 1 aromatic heterocycles. The molecule has 1 saturated heterocycles. The molecule has 1 fully saturated rings. The van der Waals surface area contributed by atoms with Gasteiger partial charge in [0.15, 0.2) is 0 Å². The molecule has 1 aliphatic rings. The summed E-state index contributed by atoms with van der Waals surface area (Å²) in [6.07, 6.45) is 4.07. The summed E-state index contributed by atoms with van der Waals surface area (Å²) in [5.74, 6) is 0.216. The van der Waals surface area contributed by atoms with Crippen molar-refractivity contribution in [3.8, 4) is 0 Å². The average molecular weight is 236 g/mol. The fraction of sp³-hybridized carbons (Fsp3) is 0.545. The third-order valence-electron chi connectivity index (χ3n) is 2.96. The molecule has 1 atom stereocenters. The molecule has 0 bridgehead atoms. The first kappa shape index (κ1) is 11.8. The van der Waals surface area contributed by atoms with E-state index in [0.29, 0.717) is 17.6 Å². The second-order valence-corrected chi connectivity index (χ2v) is 4.02. The molecule has 6 nitrogen and oxygen atoms in total. The van der Waals surface area contributed by atoms with E-state index in [1.807, 2.05) is 11.9 Å². The molecule has 1 aliphatic heterocycles. The van der Waals surface area contributed by atoms with Crippen molar-refractivity contribution in [3.63, 3.8) is 0 Å². The summed E-state index contributed by atoms with van der Waals surface area (Å²) in [6, 6.07) is 0.416. The van der Waals surface area contributed by atoms with Gasteiger partial charge in [0.25, 0.3) is 0 Å². The van der Waals surface area contributed by atoms with E-state index in [2.05, 4.69) is 20.0 Å². The lowest BCUT2D eigenvalue weighted by Crippen LogP contribution is -2.34. The van der Waals surface area contributed by atoms with Gasteiger partial charge in [-0.15, -0.1) is 0 Å². The van der Waals surface area contributed by atoms with Crippen LogP contribution >= 0.6 is 0 Å². The molecule has 92 valence electrons. The Balaban J connectivity index is 2.09. The van der Waals surface area contributed by atoms with Crippen LogP contribution in [0.1, 0.15) is 16.8 Å². The number of aromatic nitrogens is 2. The Bertz CT molecular complexity index is 387. The van der Waals surface area contributed by atoms with E-state index < -0.39 is 5.97 Å². The van der Waals surface area contributed by atoms with E-state index in [9.17, 15) is 4.79 Å². The summed E-state index contributed by atoms with van der Waals surface area (Å²) in [5, 5.41) is 3.29. The number of hydrogen-bond donors (Lipinski definition) is 1. The minimum Gasteiger partial charge on any atom is -0.465 e. The predicted octanol–water partition coefficient (Wildman–Crippen LogP) is 0.0613. The van der Waals surface area contributed by atoms with Crippen molar-refractivity contribution in [1.29, 1.82) is 0 Å². The number of nitrogens with zero attached hydrogens (tertiary/aromatic N) is 3. The average Bonchev–Trinajstić information content (AvgIpc) is 2.91. The molecule has 6 heteroatoms. The van der Waals surface area contributed by atoms with Crippen LogP contribution in [0.4, 0.5) is 5.95 Å². The van der Waals surface area contributed by atoms with E-state index in [4.69, 9.17) is 0 Å². The quantitative estimate of drug-likeness (QED) is 0.749. The Kier molecular flexibility index (Phi) is 3.53. The summed E-state index contributed by atoms with van der Waals surface area (Å²) in [7, 11) is 3.30. The SMILES string of the molecule is COC(=O)c1cnc(N(C)C2CCNC2)nc1. The summed E-state index contributed by atoms with van der Waals surface area (Å²) >= 11 is 0. The van der Waals surface area contributed by atoms with Crippen LogP contribution in [-0.4, -0.2) is 49.2 Å². The summed E-state index contributed by atoms with van der Waals surface area (Å²) in [4.78, 5) is 21.6. The number of likely N-dealkylation sites (N-methyl/N-ethyl adjacent to an activating group) is 1. The topological polar surface area (TPSA) is 67.3 Å². The van der Waals surface area contributed by atoms with Crippen LogP contribution in [0.15, 0.2) is 12.4 Å². The van der Waals surface area contributed by atoms with Crippen LogP contribution in [0.25, 0.3) is 0 Å². The number of hydrogen-bond acceptors (Lipinski definition) is 6. The normalized spacial score (nSPS) is 19.1. The highest BCUT2D eigenvalue weighted by Gasteiger charge is 2.21. The molecular weight excluding hydrogens is 220 g/mol. The standard InChI is InChI=1S/C11H16N4O2/c1-15(9-3-4-12-7-9)11-13-5-8(6-14-11)10(16)17-2/h5-6,9,12H,3-4,7H2,1-2H3. The molecule has 1 N–H and O–H groups in total. The van der Waals surface area contributed by atoms with Gasteiger partial charge in [-0.1, -0.05) is 0 Å². The lowest BCUT2D eigenvalue weighted by molar-refractivity contribution is 0.0600. The minimum atomic E-state index is -0.415. The number of anilines is 1. The van der Waals surface area contributed by atoms with Gasteiger partial charge in [-0.3, -0.25) is 0 Å². The first-order valence-electron chi connectivity index (χ1n) is 5.56. The molecule has 0 aromatic carbocycles. The number of carbonyl (C=O) groups excluding carboxylic acids is 1. The van der Waals surface area contributed by atoms with Crippen LogP contribution in [0.3, 0.4) is 0 Å². The first-order chi connectivity index (χ1) is 8.22. The zero-order valence-electron chi connectivity index (χ0n) is 10.0. The summed E-state index contributed by atoms with van der Waals surface area (Å²) in [5.41, 5.74) is 0.370. The van der Waals surface area contributed by atoms with Crippen LogP contribution in [0.5, 0.6) is 0 Å². The zero-order chi connectivity index (χ0) is 12.3. The molecule has 1 aromatic rings. The van der Waals surface area contributed by atoms with E-state index in [1.54, 1.807) is 0 Å². The van der Waals surface area contributed by atoms with Crippen LogP contribution in [0, 0.1) is 0 Å². The maximum atomic E-state index is 11.2. The fourth-order valence-electron chi connectivity index (χ4n) is 1.86. The third kappa shape index (κ3) is 2.52. The van der Waals surface area contributed by atoms with Crippen molar-refractivity contribution >= 4 is 11.9 Å². The van der Waals surface area contributed by atoms with Gasteiger partial charge < -0.3 is 15.0 Å². The van der Waals surface area contributed by atoms with Crippen molar-refractivity contribution < 1.29 is 9.53 Å². The number of rotatable bonds is 3. The summed E-state index contributed by atoms with van der Waals surface area (Å²) < 4.78 is 4.59. The number of nitrogens with one attached hydrogen (secondary N) is 1. The lowest BCUT2D eigenvalue weighted by Gasteiger charge is -2.23. The molecule has 0 saturated carbocycles. The second-order valence-electron chi connectivity index (χ2n) is 4.02. The van der Waals surface area contributed by atoms with Crippen molar-refractivity contribution in [2.45, 2.75) is 12.5 Å². The van der Waals surface area contributed by atoms with E-state index in [-0.39, 0.29) is 0 Å². The molecule has 0 radical (unpaired) electrons. The van der Waals surface area contributed by atoms with Gasteiger partial charge in [-0.05, 0) is 13.0 Å². The number of methoxy groups -OCH3 is 1. The molecule has 1 unspecified atom stereocenters. The van der Waals surface area contributed by atoms with Gasteiger partial charge in [-0.2, -0.15) is 0 Å². The molecule has 17 heavy (non-hydrogen) atoms. The van der Waals surface area contributed by atoms with Crippen LogP contribution in [0.2, 0.25) is 0 Å². The monoisotopic (exact) mass is 236 g/mol. The van der Waals surface area contributed by atoms with E-state index in [1.165, 1.54) is 19.5 Å². The largest absolute Gasteiger partial charge is 0.465 e. The van der Waals surface area contributed by atoms with Gasteiger partial charge in [0, 0.05) is 32.0 Å². The minimum absolute atomic E-state index is 0.370. The Labute approximate surface area is 100 Å². The van der Waals surface area contributed by atoms with Crippen LogP contribution < -0.4 is 10.2 Å². The maximum Gasteiger partial charge on any atom is 0.341 e. The maximum absolute atomic E-state index is 11.2. The Morgan fingerprint density at radius 2 is 2.24 bits per heavy atom. The molecule has 0 spiro atoms. The van der Waals surface area contributed by atoms with Crippen molar-refractivity contribution in [1.82, 2.24) is 15.3 Å². The van der Waals surface area contributed by atoms with E-state index in [0.717, 1.165) is 19.5 Å². The second kappa shape index (κ2) is 5.09. The van der Waals surface area contributed by atoms with Gasteiger partial charge in [0.2, 0.25) is 5.95 Å². The fourth-order valence-corrected chi connectivity index (χ4v) is 1.86. The molecule has 2 rings (SSSR count). The first-order valence-corrected chi connectivity index (χ1v) is 5.56. The smallest absolute Gasteiger partial charge is 0.341 e. The lowest BCUT2D eigenvalue weighted by atomic mass is 10.2. The van der Waals surface area contributed by atoms with Gasteiger partial charge in [0.05, 0.1) is 12.7 Å². The van der Waals surface area contributed by atoms with Crippen molar-refractivity contribution in [2.75, 3.05) is 32.1 Å².